The standard InChI is InChI=1S/C17H20O4/c1-12(2)5-7-14-8-6-13(3)16(11-14)21-15(9-10-18)17(19)20-4/h6,8-9,11-12,18H,10H2,1-4H3/b15-9-. The molecule has 4 heteroatoms. The van der Waals surface area contributed by atoms with Gasteiger partial charge in [0.05, 0.1) is 13.7 Å². The van der Waals surface area contributed by atoms with Gasteiger partial charge in [0.15, 0.2) is 0 Å². The van der Waals surface area contributed by atoms with Crippen LogP contribution in [0.25, 0.3) is 0 Å². The fraction of sp³-hybridized carbons (Fsp3) is 0.353. The number of carbonyl (C=O) groups is 1. The summed E-state index contributed by atoms with van der Waals surface area (Å²) in [7, 11) is 1.26. The van der Waals surface area contributed by atoms with Gasteiger partial charge in [0.1, 0.15) is 5.75 Å². The van der Waals surface area contributed by atoms with Crippen LogP contribution in [0.4, 0.5) is 0 Å². The molecule has 0 fully saturated rings. The molecule has 4 nitrogen and oxygen atoms in total. The predicted octanol–water partition coefficient (Wildman–Crippen LogP) is 2.43. The smallest absolute Gasteiger partial charge is 0.373 e. The summed E-state index contributed by atoms with van der Waals surface area (Å²) in [6, 6.07) is 5.53. The van der Waals surface area contributed by atoms with Crippen LogP contribution in [0, 0.1) is 24.7 Å². The van der Waals surface area contributed by atoms with E-state index in [1.54, 1.807) is 6.07 Å². The maximum absolute atomic E-state index is 11.6. The highest BCUT2D eigenvalue weighted by atomic mass is 16.6. The molecule has 1 rings (SSSR count). The average molecular weight is 288 g/mol. The van der Waals surface area contributed by atoms with Gasteiger partial charge in [0, 0.05) is 11.5 Å². The second-order valence-corrected chi connectivity index (χ2v) is 4.75. The second kappa shape index (κ2) is 8.13. The zero-order valence-corrected chi connectivity index (χ0v) is 12.8. The van der Waals surface area contributed by atoms with Crippen LogP contribution in [0.15, 0.2) is 30.0 Å². The molecule has 0 unspecified atom stereocenters. The Hall–Kier alpha value is -2.25. The molecule has 0 aliphatic rings. The van der Waals surface area contributed by atoms with Crippen LogP contribution >= 0.6 is 0 Å². The molecule has 0 aliphatic carbocycles. The van der Waals surface area contributed by atoms with E-state index in [2.05, 4.69) is 16.6 Å². The third-order valence-electron chi connectivity index (χ3n) is 2.58. The number of aryl methyl sites for hydroxylation is 1. The van der Waals surface area contributed by atoms with E-state index in [4.69, 9.17) is 9.84 Å². The molecule has 0 saturated heterocycles. The highest BCUT2D eigenvalue weighted by Crippen LogP contribution is 2.22. The third kappa shape index (κ3) is 5.33. The van der Waals surface area contributed by atoms with E-state index >= 15 is 0 Å². The SMILES string of the molecule is COC(=O)/C(=C/CO)Oc1cc(C#CC(C)C)ccc1C. The first-order valence-electron chi connectivity index (χ1n) is 6.67. The van der Waals surface area contributed by atoms with Gasteiger partial charge in [-0.15, -0.1) is 0 Å². The van der Waals surface area contributed by atoms with E-state index in [9.17, 15) is 4.79 Å². The molecule has 112 valence electrons. The number of benzene rings is 1. The number of aliphatic hydroxyl groups is 1. The highest BCUT2D eigenvalue weighted by Gasteiger charge is 2.13. The topological polar surface area (TPSA) is 55.8 Å². The summed E-state index contributed by atoms with van der Waals surface area (Å²) >= 11 is 0. The summed E-state index contributed by atoms with van der Waals surface area (Å²) in [6.07, 6.45) is 1.26. The van der Waals surface area contributed by atoms with Crippen molar-refractivity contribution in [2.24, 2.45) is 5.92 Å². The predicted molar refractivity (Wildman–Crippen MR) is 80.7 cm³/mol. The van der Waals surface area contributed by atoms with Gasteiger partial charge in [-0.1, -0.05) is 31.8 Å². The first-order chi connectivity index (χ1) is 9.97. The minimum atomic E-state index is -0.637. The van der Waals surface area contributed by atoms with Gasteiger partial charge < -0.3 is 14.6 Å². The molecule has 0 radical (unpaired) electrons. The molecule has 21 heavy (non-hydrogen) atoms. The fourth-order valence-electron chi connectivity index (χ4n) is 1.48. The van der Waals surface area contributed by atoms with E-state index in [-0.39, 0.29) is 18.3 Å². The van der Waals surface area contributed by atoms with Gasteiger partial charge in [-0.05, 0) is 30.7 Å². The summed E-state index contributed by atoms with van der Waals surface area (Å²) in [6.45, 7) is 5.58. The Balaban J connectivity index is 3.07. The molecule has 0 saturated carbocycles. The number of aliphatic hydroxyl groups excluding tert-OH is 1. The number of ether oxygens (including phenoxy) is 2. The van der Waals surface area contributed by atoms with Crippen LogP contribution < -0.4 is 4.74 Å². The van der Waals surface area contributed by atoms with Gasteiger partial charge in [0.2, 0.25) is 5.76 Å². The van der Waals surface area contributed by atoms with Crippen molar-refractivity contribution in [3.05, 3.63) is 41.2 Å². The van der Waals surface area contributed by atoms with Crippen LogP contribution in [0.1, 0.15) is 25.0 Å². The Bertz CT molecular complexity index is 589. The van der Waals surface area contributed by atoms with E-state index in [0.29, 0.717) is 5.75 Å². The Labute approximate surface area is 125 Å². The minimum Gasteiger partial charge on any atom is -0.463 e. The first-order valence-corrected chi connectivity index (χ1v) is 6.67. The molecule has 0 bridgehead atoms. The lowest BCUT2D eigenvalue weighted by Gasteiger charge is -2.11. The highest BCUT2D eigenvalue weighted by molar-refractivity contribution is 5.86. The number of carbonyl (C=O) groups excluding carboxylic acids is 1. The van der Waals surface area contributed by atoms with E-state index in [0.717, 1.165) is 11.1 Å². The van der Waals surface area contributed by atoms with Gasteiger partial charge in [0.25, 0.3) is 0 Å². The monoisotopic (exact) mass is 288 g/mol. The molecule has 1 aromatic carbocycles. The van der Waals surface area contributed by atoms with Crippen molar-refractivity contribution in [3.8, 4) is 17.6 Å². The first kappa shape index (κ1) is 16.8. The van der Waals surface area contributed by atoms with Crippen molar-refractivity contribution in [3.63, 3.8) is 0 Å². The van der Waals surface area contributed by atoms with Crippen LogP contribution in [0.5, 0.6) is 5.75 Å². The van der Waals surface area contributed by atoms with Gasteiger partial charge in [-0.2, -0.15) is 0 Å². The maximum Gasteiger partial charge on any atom is 0.373 e. The zero-order valence-electron chi connectivity index (χ0n) is 12.8. The summed E-state index contributed by atoms with van der Waals surface area (Å²) in [5.74, 6) is 6.22. The minimum absolute atomic E-state index is 0.0444. The van der Waals surface area contributed by atoms with Crippen LogP contribution in [-0.2, 0) is 9.53 Å². The number of methoxy groups -OCH3 is 1. The molecule has 1 N–H and O–H groups in total. The van der Waals surface area contributed by atoms with Crippen molar-refractivity contribution < 1.29 is 19.4 Å². The Kier molecular flexibility index (Phi) is 6.51. The van der Waals surface area contributed by atoms with Crippen LogP contribution in [-0.4, -0.2) is 24.8 Å². The van der Waals surface area contributed by atoms with Gasteiger partial charge in [-0.25, -0.2) is 4.79 Å². The van der Waals surface area contributed by atoms with E-state index in [1.807, 2.05) is 32.9 Å². The summed E-state index contributed by atoms with van der Waals surface area (Å²) in [5.41, 5.74) is 1.66. The van der Waals surface area contributed by atoms with Crippen molar-refractivity contribution in [2.75, 3.05) is 13.7 Å². The molecule has 1 aromatic rings. The Morgan fingerprint density at radius 3 is 2.71 bits per heavy atom. The molecule has 0 aliphatic heterocycles. The molecule has 0 spiro atoms. The number of esters is 1. The summed E-state index contributed by atoms with van der Waals surface area (Å²) in [4.78, 5) is 11.6. The van der Waals surface area contributed by atoms with Crippen LogP contribution in [0.2, 0.25) is 0 Å². The molecular weight excluding hydrogens is 268 g/mol. The quantitative estimate of drug-likeness (QED) is 0.400. The van der Waals surface area contributed by atoms with Crippen molar-refractivity contribution >= 4 is 5.97 Å². The Morgan fingerprint density at radius 1 is 1.43 bits per heavy atom. The van der Waals surface area contributed by atoms with Crippen LogP contribution in [0.3, 0.4) is 0 Å². The molecule has 0 amide bonds. The normalized spacial score (nSPS) is 10.9. The maximum atomic E-state index is 11.6. The Morgan fingerprint density at radius 2 is 2.14 bits per heavy atom. The number of hydrogen-bond donors (Lipinski definition) is 1. The van der Waals surface area contributed by atoms with Crippen molar-refractivity contribution in [1.29, 1.82) is 0 Å². The lowest BCUT2D eigenvalue weighted by Crippen LogP contribution is -2.12. The molecule has 0 atom stereocenters. The van der Waals surface area contributed by atoms with Gasteiger partial charge >= 0.3 is 5.97 Å². The van der Waals surface area contributed by atoms with E-state index < -0.39 is 5.97 Å². The van der Waals surface area contributed by atoms with Crippen molar-refractivity contribution in [2.45, 2.75) is 20.8 Å². The van der Waals surface area contributed by atoms with Gasteiger partial charge in [-0.3, -0.25) is 0 Å². The van der Waals surface area contributed by atoms with E-state index in [1.165, 1.54) is 13.2 Å². The molecular formula is C17H20O4. The fourth-order valence-corrected chi connectivity index (χ4v) is 1.48. The lowest BCUT2D eigenvalue weighted by molar-refractivity contribution is -0.138. The average Bonchev–Trinajstić information content (AvgIpc) is 2.46. The lowest BCUT2D eigenvalue weighted by atomic mass is 10.1. The second-order valence-electron chi connectivity index (χ2n) is 4.75. The molecule has 0 aromatic heterocycles. The third-order valence-corrected chi connectivity index (χ3v) is 2.58. The largest absolute Gasteiger partial charge is 0.463 e. The number of hydrogen-bond acceptors (Lipinski definition) is 4. The summed E-state index contributed by atoms with van der Waals surface area (Å²) < 4.78 is 10.2. The number of rotatable bonds is 4. The van der Waals surface area contributed by atoms with Crippen molar-refractivity contribution in [1.82, 2.24) is 0 Å². The molecule has 0 heterocycles. The summed E-state index contributed by atoms with van der Waals surface area (Å²) in [5, 5.41) is 8.94. The zero-order chi connectivity index (χ0) is 15.8.